The zero-order valence-corrected chi connectivity index (χ0v) is 20.2. The summed E-state index contributed by atoms with van der Waals surface area (Å²) in [5, 5.41) is 10.4. The average molecular weight is 470 g/mol. The first kappa shape index (κ1) is 20.3. The fourth-order valence-electron chi connectivity index (χ4n) is 6.00. The highest BCUT2D eigenvalue weighted by Gasteiger charge is 2.12. The topological polar surface area (TPSA) is 4.93 Å². The van der Waals surface area contributed by atoms with Crippen LogP contribution in [0.1, 0.15) is 0 Å². The predicted octanol–water partition coefficient (Wildman–Crippen LogP) is 9.91. The van der Waals surface area contributed by atoms with Crippen molar-refractivity contribution in [2.45, 2.75) is 0 Å². The third kappa shape index (κ3) is 3.04. The molecule has 1 aromatic heterocycles. The molecule has 0 spiro atoms. The summed E-state index contributed by atoms with van der Waals surface area (Å²) < 4.78 is 2.37. The van der Waals surface area contributed by atoms with E-state index in [0.29, 0.717) is 0 Å². The van der Waals surface area contributed by atoms with E-state index in [1.165, 1.54) is 70.9 Å². The summed E-state index contributed by atoms with van der Waals surface area (Å²) in [5.41, 5.74) is 6.12. The molecule has 8 rings (SSSR count). The number of nitrogens with zero attached hydrogens (tertiary/aromatic N) is 1. The zero-order chi connectivity index (χ0) is 24.3. The Labute approximate surface area is 214 Å². The minimum atomic E-state index is 1.18. The fourth-order valence-corrected chi connectivity index (χ4v) is 6.00. The van der Waals surface area contributed by atoms with Crippen LogP contribution >= 0.6 is 0 Å². The molecule has 172 valence electrons. The van der Waals surface area contributed by atoms with Crippen LogP contribution in [0.25, 0.3) is 70.9 Å². The Kier molecular flexibility index (Phi) is 4.29. The van der Waals surface area contributed by atoms with Crippen molar-refractivity contribution in [3.8, 4) is 16.8 Å². The van der Waals surface area contributed by atoms with Gasteiger partial charge in [0.15, 0.2) is 0 Å². The third-order valence-corrected chi connectivity index (χ3v) is 7.78. The number of aromatic nitrogens is 1. The molecule has 0 unspecified atom stereocenters. The maximum absolute atomic E-state index is 2.37. The second kappa shape index (κ2) is 7.81. The Morgan fingerprint density at radius 2 is 0.838 bits per heavy atom. The van der Waals surface area contributed by atoms with Crippen molar-refractivity contribution >= 4 is 54.1 Å². The van der Waals surface area contributed by atoms with E-state index in [4.69, 9.17) is 0 Å². The normalized spacial score (nSPS) is 11.8. The van der Waals surface area contributed by atoms with Crippen molar-refractivity contribution in [1.82, 2.24) is 4.57 Å². The standard InChI is InChI=1S/C36H23N/c1-2-8-29-25(7-1)17-22-31-30(29)21-18-26-13-14-27(23-34(26)31)24-15-19-28(20-16-24)37-35-11-5-3-9-32(35)33-10-4-6-12-36(33)37/h1-23H. The van der Waals surface area contributed by atoms with Crippen LogP contribution in [0.3, 0.4) is 0 Å². The van der Waals surface area contributed by atoms with Crippen molar-refractivity contribution < 1.29 is 0 Å². The lowest BCUT2D eigenvalue weighted by Crippen LogP contribution is -1.93. The first-order valence-corrected chi connectivity index (χ1v) is 12.8. The van der Waals surface area contributed by atoms with Crippen molar-refractivity contribution in [3.05, 3.63) is 140 Å². The van der Waals surface area contributed by atoms with Crippen molar-refractivity contribution in [1.29, 1.82) is 0 Å². The second-order valence-electron chi connectivity index (χ2n) is 9.80. The molecular weight excluding hydrogens is 446 g/mol. The lowest BCUT2D eigenvalue weighted by Gasteiger charge is -2.11. The molecule has 0 fully saturated rings. The van der Waals surface area contributed by atoms with Gasteiger partial charge in [0.05, 0.1) is 11.0 Å². The Bertz CT molecular complexity index is 2070. The van der Waals surface area contributed by atoms with Gasteiger partial charge in [-0.3, -0.25) is 0 Å². The Morgan fingerprint density at radius 3 is 1.54 bits per heavy atom. The van der Waals surface area contributed by atoms with Gasteiger partial charge >= 0.3 is 0 Å². The van der Waals surface area contributed by atoms with E-state index in [2.05, 4.69) is 144 Å². The van der Waals surface area contributed by atoms with Gasteiger partial charge in [-0.05, 0) is 73.8 Å². The average Bonchev–Trinajstić information content (AvgIpc) is 3.31. The second-order valence-corrected chi connectivity index (χ2v) is 9.80. The summed E-state index contributed by atoms with van der Waals surface area (Å²) in [6.45, 7) is 0. The molecule has 1 nitrogen and oxygen atoms in total. The fraction of sp³-hybridized carbons (Fsp3) is 0. The zero-order valence-electron chi connectivity index (χ0n) is 20.2. The lowest BCUT2D eigenvalue weighted by molar-refractivity contribution is 1.18. The Balaban J connectivity index is 1.28. The molecule has 0 saturated carbocycles. The van der Waals surface area contributed by atoms with Gasteiger partial charge in [-0.2, -0.15) is 0 Å². The molecule has 0 aliphatic rings. The van der Waals surface area contributed by atoms with Gasteiger partial charge in [0, 0.05) is 16.5 Å². The van der Waals surface area contributed by atoms with E-state index in [9.17, 15) is 0 Å². The third-order valence-electron chi connectivity index (χ3n) is 7.78. The van der Waals surface area contributed by atoms with Crippen LogP contribution in [0.5, 0.6) is 0 Å². The van der Waals surface area contributed by atoms with Crippen molar-refractivity contribution in [2.24, 2.45) is 0 Å². The van der Waals surface area contributed by atoms with Crippen molar-refractivity contribution in [3.63, 3.8) is 0 Å². The molecule has 7 aromatic carbocycles. The lowest BCUT2D eigenvalue weighted by atomic mass is 9.94. The summed E-state index contributed by atoms with van der Waals surface area (Å²) in [4.78, 5) is 0. The summed E-state index contributed by atoms with van der Waals surface area (Å²) in [7, 11) is 0. The molecule has 0 aliphatic carbocycles. The molecule has 8 aromatic rings. The molecule has 1 heterocycles. The summed E-state index contributed by atoms with van der Waals surface area (Å²) >= 11 is 0. The summed E-state index contributed by atoms with van der Waals surface area (Å²) in [6, 6.07) is 50.8. The first-order valence-electron chi connectivity index (χ1n) is 12.8. The molecule has 0 N–H and O–H groups in total. The SMILES string of the molecule is c1ccc2c(c1)ccc1c3cc(-c4ccc(-n5c6ccccc6c6ccccc65)cc4)ccc3ccc21. The van der Waals surface area contributed by atoms with Gasteiger partial charge in [-0.25, -0.2) is 0 Å². The Hall–Kier alpha value is -4.88. The molecule has 0 aliphatic heterocycles. The van der Waals surface area contributed by atoms with Gasteiger partial charge < -0.3 is 4.57 Å². The molecule has 0 atom stereocenters. The van der Waals surface area contributed by atoms with Gasteiger partial charge in [-0.1, -0.05) is 109 Å². The van der Waals surface area contributed by atoms with Crippen molar-refractivity contribution in [2.75, 3.05) is 0 Å². The predicted molar refractivity (Wildman–Crippen MR) is 159 cm³/mol. The van der Waals surface area contributed by atoms with Crippen LogP contribution in [-0.4, -0.2) is 4.57 Å². The van der Waals surface area contributed by atoms with Gasteiger partial charge in [0.1, 0.15) is 0 Å². The number of hydrogen-bond acceptors (Lipinski definition) is 0. The van der Waals surface area contributed by atoms with Crippen LogP contribution in [0.2, 0.25) is 0 Å². The molecular formula is C36H23N. The Morgan fingerprint density at radius 1 is 0.324 bits per heavy atom. The molecule has 0 saturated heterocycles. The number of fused-ring (bicyclic) bond motifs is 8. The highest BCUT2D eigenvalue weighted by Crippen LogP contribution is 2.35. The monoisotopic (exact) mass is 469 g/mol. The summed E-state index contributed by atoms with van der Waals surface area (Å²) in [6.07, 6.45) is 0. The highest BCUT2D eigenvalue weighted by atomic mass is 15.0. The summed E-state index contributed by atoms with van der Waals surface area (Å²) in [5.74, 6) is 0. The van der Waals surface area contributed by atoms with Crippen LogP contribution in [0, 0.1) is 0 Å². The molecule has 0 amide bonds. The van der Waals surface area contributed by atoms with Crippen LogP contribution < -0.4 is 0 Å². The van der Waals surface area contributed by atoms with Crippen LogP contribution in [0.15, 0.2) is 140 Å². The van der Waals surface area contributed by atoms with Gasteiger partial charge in [0.2, 0.25) is 0 Å². The number of benzene rings is 7. The number of rotatable bonds is 2. The number of para-hydroxylation sites is 2. The van der Waals surface area contributed by atoms with E-state index in [1.54, 1.807) is 0 Å². The maximum Gasteiger partial charge on any atom is 0.0541 e. The molecule has 0 radical (unpaired) electrons. The van der Waals surface area contributed by atoms with E-state index in [0.717, 1.165) is 0 Å². The van der Waals surface area contributed by atoms with E-state index >= 15 is 0 Å². The molecule has 1 heteroatoms. The van der Waals surface area contributed by atoms with E-state index < -0.39 is 0 Å². The quantitative estimate of drug-likeness (QED) is 0.222. The largest absolute Gasteiger partial charge is 0.309 e. The smallest absolute Gasteiger partial charge is 0.0541 e. The minimum Gasteiger partial charge on any atom is -0.309 e. The van der Waals surface area contributed by atoms with Crippen LogP contribution in [0.4, 0.5) is 0 Å². The minimum absolute atomic E-state index is 1.18. The highest BCUT2D eigenvalue weighted by molar-refractivity contribution is 6.17. The maximum atomic E-state index is 2.37. The van der Waals surface area contributed by atoms with Crippen LogP contribution in [-0.2, 0) is 0 Å². The van der Waals surface area contributed by atoms with Gasteiger partial charge in [-0.15, -0.1) is 0 Å². The first-order chi connectivity index (χ1) is 18.3. The molecule has 37 heavy (non-hydrogen) atoms. The van der Waals surface area contributed by atoms with E-state index in [-0.39, 0.29) is 0 Å². The molecule has 0 bridgehead atoms. The van der Waals surface area contributed by atoms with E-state index in [1.807, 2.05) is 0 Å². The number of hydrogen-bond donors (Lipinski definition) is 0. The van der Waals surface area contributed by atoms with Gasteiger partial charge in [0.25, 0.3) is 0 Å².